The Morgan fingerprint density at radius 1 is 0.520 bits per heavy atom. The summed E-state index contributed by atoms with van der Waals surface area (Å²) in [4.78, 5) is 0. The molecule has 0 aromatic heterocycles. The summed E-state index contributed by atoms with van der Waals surface area (Å²) in [6.07, 6.45) is -0.933. The second-order valence-electron chi connectivity index (χ2n) is 5.99. The molecule has 0 aromatic rings. The summed E-state index contributed by atoms with van der Waals surface area (Å²) in [6, 6.07) is 0. The lowest BCUT2D eigenvalue weighted by Crippen LogP contribution is -2.53. The Bertz CT molecular complexity index is 259. The summed E-state index contributed by atoms with van der Waals surface area (Å²) in [5.74, 6) is 0. The standard InChI is InChI=1S/C16H36O8Si/c1-5-13(17)9-21-25(22-10-14(18)6-2,23-11-15(19)7-3)24-12-16(20)8-4/h13-20H,5-12H2,1-4H3. The quantitative estimate of drug-likeness (QED) is 0.285. The van der Waals surface area contributed by atoms with Gasteiger partial charge in [0.15, 0.2) is 0 Å². The first-order valence-corrected chi connectivity index (χ1v) is 10.7. The van der Waals surface area contributed by atoms with E-state index in [1.807, 2.05) is 27.7 Å². The van der Waals surface area contributed by atoms with E-state index in [-0.39, 0.29) is 26.4 Å². The summed E-state index contributed by atoms with van der Waals surface area (Å²) < 4.78 is 22.6. The van der Waals surface area contributed by atoms with Gasteiger partial charge in [-0.15, -0.1) is 0 Å². The molecule has 0 aliphatic carbocycles. The maximum Gasteiger partial charge on any atom is 0.680 e. The van der Waals surface area contributed by atoms with E-state index in [4.69, 9.17) is 17.7 Å². The molecule has 152 valence electrons. The molecule has 0 aliphatic heterocycles. The van der Waals surface area contributed by atoms with Crippen LogP contribution in [0.15, 0.2) is 0 Å². The molecule has 0 aromatic carbocycles. The van der Waals surface area contributed by atoms with Gasteiger partial charge in [-0.1, -0.05) is 27.7 Å². The van der Waals surface area contributed by atoms with Gasteiger partial charge in [0, 0.05) is 0 Å². The van der Waals surface area contributed by atoms with Crippen molar-refractivity contribution in [3.63, 3.8) is 0 Å². The predicted octanol–water partition coefficient (Wildman–Crippen LogP) is 0.572. The van der Waals surface area contributed by atoms with Crippen LogP contribution in [0.25, 0.3) is 0 Å². The van der Waals surface area contributed by atoms with E-state index in [0.29, 0.717) is 25.7 Å². The highest BCUT2D eigenvalue weighted by Crippen LogP contribution is 2.16. The zero-order valence-electron chi connectivity index (χ0n) is 15.9. The average molecular weight is 385 g/mol. The van der Waals surface area contributed by atoms with E-state index in [1.165, 1.54) is 0 Å². The second-order valence-corrected chi connectivity index (χ2v) is 8.15. The molecule has 0 fully saturated rings. The molecular weight excluding hydrogens is 348 g/mol. The summed E-state index contributed by atoms with van der Waals surface area (Å²) in [6.45, 7) is 6.99. The van der Waals surface area contributed by atoms with Gasteiger partial charge in [0.25, 0.3) is 0 Å². The van der Waals surface area contributed by atoms with E-state index in [1.54, 1.807) is 0 Å². The van der Waals surface area contributed by atoms with Crippen LogP contribution >= 0.6 is 0 Å². The minimum atomic E-state index is -3.75. The second kappa shape index (κ2) is 14.0. The predicted molar refractivity (Wildman–Crippen MR) is 94.8 cm³/mol. The summed E-state index contributed by atoms with van der Waals surface area (Å²) in [5.41, 5.74) is 0. The molecule has 4 N–H and O–H groups in total. The van der Waals surface area contributed by atoms with Crippen LogP contribution in [0.4, 0.5) is 0 Å². The Morgan fingerprint density at radius 3 is 0.880 bits per heavy atom. The van der Waals surface area contributed by atoms with Gasteiger partial charge >= 0.3 is 9.05 Å². The van der Waals surface area contributed by atoms with Gasteiger partial charge in [-0.05, 0) is 25.7 Å². The van der Waals surface area contributed by atoms with E-state index in [2.05, 4.69) is 0 Å². The fraction of sp³-hybridized carbons (Fsp3) is 1.00. The van der Waals surface area contributed by atoms with Gasteiger partial charge in [-0.2, -0.15) is 0 Å². The van der Waals surface area contributed by atoms with Crippen molar-refractivity contribution in [2.75, 3.05) is 26.4 Å². The van der Waals surface area contributed by atoms with Crippen LogP contribution in [0, 0.1) is 0 Å². The van der Waals surface area contributed by atoms with Crippen molar-refractivity contribution in [1.29, 1.82) is 0 Å². The molecule has 0 rings (SSSR count). The Balaban J connectivity index is 5.11. The monoisotopic (exact) mass is 384 g/mol. The van der Waals surface area contributed by atoms with Crippen molar-refractivity contribution in [2.45, 2.75) is 77.8 Å². The van der Waals surface area contributed by atoms with Crippen molar-refractivity contribution in [2.24, 2.45) is 0 Å². The lowest BCUT2D eigenvalue weighted by Gasteiger charge is -2.31. The highest BCUT2D eigenvalue weighted by atomic mass is 28.4. The van der Waals surface area contributed by atoms with Crippen LogP contribution < -0.4 is 0 Å². The molecule has 0 radical (unpaired) electrons. The van der Waals surface area contributed by atoms with Crippen LogP contribution in [-0.2, 0) is 17.7 Å². The Labute approximate surface area is 152 Å². The molecule has 0 amide bonds. The zero-order valence-corrected chi connectivity index (χ0v) is 16.9. The van der Waals surface area contributed by atoms with Crippen molar-refractivity contribution in [3.05, 3.63) is 0 Å². The Morgan fingerprint density at radius 2 is 0.720 bits per heavy atom. The van der Waals surface area contributed by atoms with Crippen LogP contribution in [0.5, 0.6) is 0 Å². The molecule has 0 spiro atoms. The fourth-order valence-corrected chi connectivity index (χ4v) is 3.60. The van der Waals surface area contributed by atoms with E-state index >= 15 is 0 Å². The van der Waals surface area contributed by atoms with Gasteiger partial charge in [0.1, 0.15) is 0 Å². The first kappa shape index (κ1) is 24.9. The summed E-state index contributed by atoms with van der Waals surface area (Å²) in [7, 11) is -3.75. The van der Waals surface area contributed by atoms with Gasteiger partial charge < -0.3 is 38.1 Å². The normalized spacial score (nSPS) is 19.2. The number of aliphatic hydroxyl groups excluding tert-OH is 4. The van der Waals surface area contributed by atoms with Gasteiger partial charge in [0.05, 0.1) is 50.8 Å². The lowest BCUT2D eigenvalue weighted by atomic mass is 10.3. The van der Waals surface area contributed by atoms with Crippen molar-refractivity contribution in [3.8, 4) is 0 Å². The van der Waals surface area contributed by atoms with Crippen molar-refractivity contribution < 1.29 is 38.1 Å². The van der Waals surface area contributed by atoms with Crippen molar-refractivity contribution >= 4 is 9.05 Å². The summed E-state index contributed by atoms with van der Waals surface area (Å²) in [5, 5.41) is 39.1. The molecule has 0 aliphatic rings. The van der Waals surface area contributed by atoms with Crippen LogP contribution in [-0.4, -0.2) is 80.3 Å². The third-order valence-electron chi connectivity index (χ3n) is 3.69. The maximum atomic E-state index is 9.77. The lowest BCUT2D eigenvalue weighted by molar-refractivity contribution is -0.0864. The molecule has 4 atom stereocenters. The van der Waals surface area contributed by atoms with Gasteiger partial charge in [-0.25, -0.2) is 0 Å². The molecule has 8 nitrogen and oxygen atoms in total. The van der Waals surface area contributed by atoms with Crippen LogP contribution in [0.2, 0.25) is 0 Å². The zero-order chi connectivity index (χ0) is 19.3. The topological polar surface area (TPSA) is 118 Å². The highest BCUT2D eigenvalue weighted by Gasteiger charge is 2.47. The molecule has 0 saturated carbocycles. The molecule has 9 heteroatoms. The third kappa shape index (κ3) is 11.3. The molecule has 0 saturated heterocycles. The minimum absolute atomic E-state index is 0.0601. The number of hydrogen-bond donors (Lipinski definition) is 4. The summed E-state index contributed by atoms with van der Waals surface area (Å²) >= 11 is 0. The van der Waals surface area contributed by atoms with Crippen LogP contribution in [0.1, 0.15) is 53.4 Å². The molecule has 25 heavy (non-hydrogen) atoms. The minimum Gasteiger partial charge on any atom is -0.391 e. The average Bonchev–Trinajstić information content (AvgIpc) is 2.65. The van der Waals surface area contributed by atoms with Gasteiger partial charge in [0.2, 0.25) is 0 Å². The molecule has 4 unspecified atom stereocenters. The maximum absolute atomic E-state index is 9.77. The van der Waals surface area contributed by atoms with Crippen LogP contribution in [0.3, 0.4) is 0 Å². The Kier molecular flexibility index (Phi) is 14.0. The van der Waals surface area contributed by atoms with Crippen molar-refractivity contribution in [1.82, 2.24) is 0 Å². The number of hydrogen-bond acceptors (Lipinski definition) is 8. The Hall–Kier alpha value is -0.103. The number of rotatable bonds is 16. The van der Waals surface area contributed by atoms with E-state index in [0.717, 1.165) is 0 Å². The third-order valence-corrected chi connectivity index (χ3v) is 5.78. The van der Waals surface area contributed by atoms with E-state index < -0.39 is 33.5 Å². The highest BCUT2D eigenvalue weighted by molar-refractivity contribution is 6.53. The molecule has 0 bridgehead atoms. The first-order chi connectivity index (χ1) is 11.8. The first-order valence-electron chi connectivity index (χ1n) is 9.10. The largest absolute Gasteiger partial charge is 0.680 e. The van der Waals surface area contributed by atoms with E-state index in [9.17, 15) is 20.4 Å². The van der Waals surface area contributed by atoms with Gasteiger partial charge in [-0.3, -0.25) is 0 Å². The molecule has 0 heterocycles. The smallest absolute Gasteiger partial charge is 0.391 e. The number of aliphatic hydroxyl groups is 4. The SMILES string of the molecule is CCC(O)CO[Si](OCC(O)CC)(OCC(O)CC)OCC(O)CC. The fourth-order valence-electron chi connectivity index (χ4n) is 1.51. The molecular formula is C16H36O8Si.